The summed E-state index contributed by atoms with van der Waals surface area (Å²) in [4.78, 5) is 21.8. The summed E-state index contributed by atoms with van der Waals surface area (Å²) in [6, 6.07) is 14.7. The molecular formula is C21H21N3O4. The van der Waals surface area contributed by atoms with E-state index >= 15 is 0 Å². The number of carbonyl (C=O) groups excluding carboxylic acids is 1. The minimum Gasteiger partial charge on any atom is -0.497 e. The first-order valence-corrected chi connectivity index (χ1v) is 9.19. The normalized spacial score (nSPS) is 16.1. The zero-order valence-corrected chi connectivity index (χ0v) is 15.6. The van der Waals surface area contributed by atoms with E-state index in [4.69, 9.17) is 14.2 Å². The van der Waals surface area contributed by atoms with E-state index in [1.54, 1.807) is 7.11 Å². The molecule has 0 radical (unpaired) electrons. The number of hydrogen-bond donors (Lipinski definition) is 1. The van der Waals surface area contributed by atoms with Crippen molar-refractivity contribution in [3.05, 3.63) is 54.2 Å². The fourth-order valence-electron chi connectivity index (χ4n) is 3.05. The van der Waals surface area contributed by atoms with Crippen LogP contribution < -0.4 is 10.1 Å². The Bertz CT molecular complexity index is 969. The highest BCUT2D eigenvalue weighted by molar-refractivity contribution is 5.96. The average Bonchev–Trinajstić information content (AvgIpc) is 3.26. The maximum Gasteiger partial charge on any atom is 0.360 e. The molecular weight excluding hydrogens is 358 g/mol. The molecule has 1 unspecified atom stereocenters. The lowest BCUT2D eigenvalue weighted by atomic mass is 10.2. The highest BCUT2D eigenvalue weighted by atomic mass is 16.6. The Morgan fingerprint density at radius 2 is 1.89 bits per heavy atom. The van der Waals surface area contributed by atoms with Gasteiger partial charge in [0.2, 0.25) is 0 Å². The van der Waals surface area contributed by atoms with Crippen molar-refractivity contribution < 1.29 is 19.0 Å². The fraction of sp³-hybridized carbons (Fsp3) is 0.286. The summed E-state index contributed by atoms with van der Waals surface area (Å²) in [5.74, 6) is 0.567. The highest BCUT2D eigenvalue weighted by Gasteiger charge is 2.22. The molecule has 7 heteroatoms. The summed E-state index contributed by atoms with van der Waals surface area (Å²) < 4.78 is 16.1. The minimum atomic E-state index is -0.523. The third-order valence-electron chi connectivity index (χ3n) is 4.54. The van der Waals surface area contributed by atoms with E-state index in [0.717, 1.165) is 24.3 Å². The lowest BCUT2D eigenvalue weighted by molar-refractivity contribution is 0.0157. The van der Waals surface area contributed by atoms with E-state index in [0.29, 0.717) is 23.5 Å². The fourth-order valence-corrected chi connectivity index (χ4v) is 3.05. The zero-order valence-electron chi connectivity index (χ0n) is 15.6. The smallest absolute Gasteiger partial charge is 0.360 e. The number of benzene rings is 2. The van der Waals surface area contributed by atoms with Crippen LogP contribution in [0.1, 0.15) is 23.3 Å². The first-order chi connectivity index (χ1) is 13.7. The van der Waals surface area contributed by atoms with Crippen LogP contribution in [0, 0.1) is 0 Å². The van der Waals surface area contributed by atoms with Gasteiger partial charge in [-0.15, -0.1) is 0 Å². The van der Waals surface area contributed by atoms with E-state index in [1.807, 2.05) is 48.5 Å². The average molecular weight is 379 g/mol. The second-order valence-electron chi connectivity index (χ2n) is 6.50. The van der Waals surface area contributed by atoms with Gasteiger partial charge in [-0.25, -0.2) is 14.8 Å². The van der Waals surface area contributed by atoms with Gasteiger partial charge in [-0.2, -0.15) is 0 Å². The van der Waals surface area contributed by atoms with Gasteiger partial charge in [0.05, 0.1) is 24.2 Å². The quantitative estimate of drug-likeness (QED) is 0.654. The minimum absolute atomic E-state index is 0.0460. The molecule has 0 aliphatic carbocycles. The van der Waals surface area contributed by atoms with Gasteiger partial charge in [0.25, 0.3) is 0 Å². The van der Waals surface area contributed by atoms with Crippen molar-refractivity contribution in [3.8, 4) is 5.75 Å². The van der Waals surface area contributed by atoms with Gasteiger partial charge in [-0.3, -0.25) is 0 Å². The summed E-state index contributed by atoms with van der Waals surface area (Å²) in [7, 11) is 1.61. The standard InChI is InChI=1S/C21H21N3O4/c1-26-15-10-8-14(9-11-15)22-20-19(21(25)28-13-16-5-4-12-27-16)23-17-6-2-3-7-18(17)24-20/h2-3,6-11,16H,4-5,12-13H2,1H3,(H,22,24). The van der Waals surface area contributed by atoms with E-state index in [9.17, 15) is 4.79 Å². The first kappa shape index (κ1) is 18.2. The number of methoxy groups -OCH3 is 1. The van der Waals surface area contributed by atoms with Crippen molar-refractivity contribution in [1.82, 2.24) is 9.97 Å². The van der Waals surface area contributed by atoms with Crippen molar-refractivity contribution in [3.63, 3.8) is 0 Å². The molecule has 2 heterocycles. The number of esters is 1. The Morgan fingerprint density at radius 3 is 2.57 bits per heavy atom. The highest BCUT2D eigenvalue weighted by Crippen LogP contribution is 2.24. The maximum atomic E-state index is 12.7. The molecule has 2 aromatic carbocycles. The molecule has 0 bridgehead atoms. The maximum absolute atomic E-state index is 12.7. The number of ether oxygens (including phenoxy) is 3. The summed E-state index contributed by atoms with van der Waals surface area (Å²) in [5, 5.41) is 3.16. The summed E-state index contributed by atoms with van der Waals surface area (Å²) in [6.07, 6.45) is 1.84. The van der Waals surface area contributed by atoms with Gasteiger partial charge in [-0.05, 0) is 49.2 Å². The molecule has 1 aliphatic heterocycles. The molecule has 1 aromatic heterocycles. The van der Waals surface area contributed by atoms with Crippen molar-refractivity contribution in [2.45, 2.75) is 18.9 Å². The van der Waals surface area contributed by atoms with Gasteiger partial charge in [-0.1, -0.05) is 12.1 Å². The van der Waals surface area contributed by atoms with E-state index in [2.05, 4.69) is 15.3 Å². The van der Waals surface area contributed by atoms with Crippen molar-refractivity contribution in [1.29, 1.82) is 0 Å². The molecule has 1 fully saturated rings. The summed E-state index contributed by atoms with van der Waals surface area (Å²) in [5.41, 5.74) is 2.23. The predicted molar refractivity (Wildman–Crippen MR) is 105 cm³/mol. The van der Waals surface area contributed by atoms with Crippen LogP contribution in [0.4, 0.5) is 11.5 Å². The molecule has 0 spiro atoms. The van der Waals surface area contributed by atoms with Crippen LogP contribution in [0.3, 0.4) is 0 Å². The van der Waals surface area contributed by atoms with E-state index in [1.165, 1.54) is 0 Å². The number of para-hydroxylation sites is 2. The Hall–Kier alpha value is -3.19. The Morgan fingerprint density at radius 1 is 1.14 bits per heavy atom. The molecule has 1 N–H and O–H groups in total. The van der Waals surface area contributed by atoms with Gasteiger partial charge in [0.1, 0.15) is 12.4 Å². The SMILES string of the molecule is COc1ccc(Nc2nc3ccccc3nc2C(=O)OCC2CCCO2)cc1. The van der Waals surface area contributed by atoms with Crippen LogP contribution in [0.5, 0.6) is 5.75 Å². The van der Waals surface area contributed by atoms with Crippen LogP contribution >= 0.6 is 0 Å². The van der Waals surface area contributed by atoms with Crippen LogP contribution in [0.2, 0.25) is 0 Å². The second-order valence-corrected chi connectivity index (χ2v) is 6.50. The Labute approximate surface area is 162 Å². The predicted octanol–water partition coefficient (Wildman–Crippen LogP) is 3.72. The third-order valence-corrected chi connectivity index (χ3v) is 4.54. The van der Waals surface area contributed by atoms with Crippen molar-refractivity contribution >= 4 is 28.5 Å². The van der Waals surface area contributed by atoms with Gasteiger partial charge in [0.15, 0.2) is 11.5 Å². The van der Waals surface area contributed by atoms with Crippen molar-refractivity contribution in [2.24, 2.45) is 0 Å². The molecule has 4 rings (SSSR count). The van der Waals surface area contributed by atoms with Gasteiger partial charge < -0.3 is 19.5 Å². The number of rotatable bonds is 6. The van der Waals surface area contributed by atoms with Crippen LogP contribution in [-0.2, 0) is 9.47 Å². The first-order valence-electron chi connectivity index (χ1n) is 9.19. The molecule has 1 aliphatic rings. The molecule has 3 aromatic rings. The van der Waals surface area contributed by atoms with Crippen molar-refractivity contribution in [2.75, 3.05) is 25.6 Å². The van der Waals surface area contributed by atoms with Gasteiger partial charge in [0, 0.05) is 12.3 Å². The second kappa shape index (κ2) is 8.22. The van der Waals surface area contributed by atoms with Crippen LogP contribution in [-0.4, -0.2) is 42.4 Å². The topological polar surface area (TPSA) is 82.6 Å². The zero-order chi connectivity index (χ0) is 19.3. The molecule has 0 saturated carbocycles. The number of carbonyl (C=O) groups is 1. The number of nitrogens with one attached hydrogen (secondary N) is 1. The lowest BCUT2D eigenvalue weighted by Gasteiger charge is -2.13. The molecule has 7 nitrogen and oxygen atoms in total. The number of nitrogens with zero attached hydrogens (tertiary/aromatic N) is 2. The molecule has 0 amide bonds. The van der Waals surface area contributed by atoms with Crippen LogP contribution in [0.25, 0.3) is 11.0 Å². The molecule has 28 heavy (non-hydrogen) atoms. The summed E-state index contributed by atoms with van der Waals surface area (Å²) in [6.45, 7) is 0.928. The number of fused-ring (bicyclic) bond motifs is 1. The molecule has 1 atom stereocenters. The summed E-state index contributed by atoms with van der Waals surface area (Å²) >= 11 is 0. The largest absolute Gasteiger partial charge is 0.497 e. The van der Waals surface area contributed by atoms with E-state index in [-0.39, 0.29) is 18.4 Å². The third kappa shape index (κ3) is 4.04. The monoisotopic (exact) mass is 379 g/mol. The van der Waals surface area contributed by atoms with Gasteiger partial charge >= 0.3 is 5.97 Å². The molecule has 144 valence electrons. The molecule has 1 saturated heterocycles. The lowest BCUT2D eigenvalue weighted by Crippen LogP contribution is -2.19. The Kier molecular flexibility index (Phi) is 5.34. The number of aromatic nitrogens is 2. The van der Waals surface area contributed by atoms with E-state index < -0.39 is 5.97 Å². The van der Waals surface area contributed by atoms with Crippen LogP contribution in [0.15, 0.2) is 48.5 Å². The number of hydrogen-bond acceptors (Lipinski definition) is 7. The number of anilines is 2. The Balaban J connectivity index is 1.62.